The molecule has 1 N–H and O–H groups in total. The molecule has 9 nitrogen and oxygen atoms in total. The third kappa shape index (κ3) is 6.64. The molecule has 0 spiro atoms. The van der Waals surface area contributed by atoms with Gasteiger partial charge in [0.25, 0.3) is 0 Å². The number of nitrogens with zero attached hydrogens (tertiary/aromatic N) is 1. The number of methoxy groups -OCH3 is 1. The molecule has 1 fully saturated rings. The lowest BCUT2D eigenvalue weighted by Gasteiger charge is -2.51. The van der Waals surface area contributed by atoms with Gasteiger partial charge in [0.15, 0.2) is 0 Å². The summed E-state index contributed by atoms with van der Waals surface area (Å²) < 4.78 is 23.1. The molecule has 0 unspecified atom stereocenters. The number of furan rings is 1. The highest BCUT2D eigenvalue weighted by atomic mass is 16.6. The van der Waals surface area contributed by atoms with E-state index in [4.69, 9.17) is 18.6 Å². The van der Waals surface area contributed by atoms with Gasteiger partial charge >= 0.3 is 5.97 Å². The van der Waals surface area contributed by atoms with Crippen LogP contribution in [0.4, 0.5) is 0 Å². The van der Waals surface area contributed by atoms with Crippen molar-refractivity contribution in [1.29, 1.82) is 0 Å². The zero-order valence-corrected chi connectivity index (χ0v) is 23.8. The van der Waals surface area contributed by atoms with E-state index in [9.17, 15) is 14.4 Å². The van der Waals surface area contributed by atoms with Crippen LogP contribution < -0.4 is 5.32 Å². The lowest BCUT2D eigenvalue weighted by molar-refractivity contribution is -0.178. The summed E-state index contributed by atoms with van der Waals surface area (Å²) in [7, 11) is 1.33. The van der Waals surface area contributed by atoms with Crippen molar-refractivity contribution >= 4 is 17.8 Å². The number of esters is 1. The van der Waals surface area contributed by atoms with Gasteiger partial charge in [-0.3, -0.25) is 14.4 Å². The van der Waals surface area contributed by atoms with Crippen molar-refractivity contribution in [1.82, 2.24) is 10.2 Å². The van der Waals surface area contributed by atoms with Crippen LogP contribution in [-0.4, -0.2) is 55.2 Å². The molecule has 3 heterocycles. The maximum atomic E-state index is 13.9. The summed E-state index contributed by atoms with van der Waals surface area (Å²) in [4.78, 5) is 41.9. The SMILES string of the molecule is COC(=O)[C@@]12C[C@H](CC(=O)NCCC(C)C)C(=O)N(Cc3ccco3)C1=C[C@@H](COCc1ccccc1)O[C@H]2C. The van der Waals surface area contributed by atoms with Crippen molar-refractivity contribution in [2.24, 2.45) is 17.3 Å². The predicted molar refractivity (Wildman–Crippen MR) is 147 cm³/mol. The van der Waals surface area contributed by atoms with Crippen molar-refractivity contribution in [2.45, 2.75) is 65.4 Å². The Morgan fingerprint density at radius 3 is 2.62 bits per heavy atom. The number of rotatable bonds is 12. The van der Waals surface area contributed by atoms with Gasteiger partial charge in [-0.25, -0.2) is 0 Å². The van der Waals surface area contributed by atoms with Gasteiger partial charge in [-0.05, 0) is 49.5 Å². The largest absolute Gasteiger partial charge is 0.468 e. The highest BCUT2D eigenvalue weighted by Crippen LogP contribution is 2.50. The molecule has 40 heavy (non-hydrogen) atoms. The summed E-state index contributed by atoms with van der Waals surface area (Å²) in [6.07, 6.45) is 3.12. The van der Waals surface area contributed by atoms with Gasteiger partial charge < -0.3 is 28.8 Å². The summed E-state index contributed by atoms with van der Waals surface area (Å²) in [5.74, 6) is -0.689. The molecule has 1 saturated heterocycles. The minimum atomic E-state index is -1.27. The smallest absolute Gasteiger partial charge is 0.320 e. The summed E-state index contributed by atoms with van der Waals surface area (Å²) in [5, 5.41) is 2.92. The monoisotopic (exact) mass is 552 g/mol. The fourth-order valence-corrected chi connectivity index (χ4v) is 5.53. The second-order valence-corrected chi connectivity index (χ2v) is 11.0. The van der Waals surface area contributed by atoms with E-state index in [0.717, 1.165) is 12.0 Å². The number of fused-ring (bicyclic) bond motifs is 1. The quantitative estimate of drug-likeness (QED) is 0.393. The Kier molecular flexibility index (Phi) is 9.81. The summed E-state index contributed by atoms with van der Waals surface area (Å²) in [5.41, 5.74) is 0.266. The molecule has 216 valence electrons. The van der Waals surface area contributed by atoms with Crippen molar-refractivity contribution in [3.8, 4) is 0 Å². The summed E-state index contributed by atoms with van der Waals surface area (Å²) >= 11 is 0. The van der Waals surface area contributed by atoms with Crippen molar-refractivity contribution in [3.05, 3.63) is 71.8 Å². The number of benzene rings is 1. The number of likely N-dealkylation sites (tertiary alicyclic amines) is 1. The Labute approximate surface area is 235 Å². The standard InChI is InChI=1S/C31H40N2O7/c1-21(2)12-13-32-28(34)15-24-17-31(30(36)37-4)22(3)40-26(20-38-19-23-9-6-5-7-10-23)16-27(31)33(29(24)35)18-25-11-8-14-39-25/h5-11,14,16,21-22,24,26H,12-13,15,17-20H2,1-4H3,(H,32,34)/t22-,24-,26-,31+/m0/s1. The topological polar surface area (TPSA) is 107 Å². The molecule has 2 aliphatic heterocycles. The first kappa shape index (κ1) is 29.6. The van der Waals surface area contributed by atoms with Crippen LogP contribution in [0, 0.1) is 17.3 Å². The zero-order valence-electron chi connectivity index (χ0n) is 23.8. The highest BCUT2D eigenvalue weighted by molar-refractivity contribution is 5.92. The van der Waals surface area contributed by atoms with E-state index in [1.54, 1.807) is 23.1 Å². The second kappa shape index (κ2) is 13.3. The fraction of sp³-hybridized carbons (Fsp3) is 0.516. The number of piperidine rings is 1. The van der Waals surface area contributed by atoms with E-state index in [1.807, 2.05) is 37.3 Å². The number of carbonyl (C=O) groups is 3. The third-order valence-electron chi connectivity index (χ3n) is 7.66. The minimum absolute atomic E-state index is 0.0338. The van der Waals surface area contributed by atoms with Gasteiger partial charge in [0.1, 0.15) is 17.3 Å². The van der Waals surface area contributed by atoms with E-state index < -0.39 is 29.5 Å². The maximum absolute atomic E-state index is 13.9. The van der Waals surface area contributed by atoms with Crippen LogP contribution in [0.2, 0.25) is 0 Å². The summed E-state index contributed by atoms with van der Waals surface area (Å²) in [6, 6.07) is 13.3. The molecule has 2 amide bonds. The van der Waals surface area contributed by atoms with Crippen LogP contribution >= 0.6 is 0 Å². The Morgan fingerprint density at radius 2 is 1.95 bits per heavy atom. The van der Waals surface area contributed by atoms with Gasteiger partial charge in [-0.2, -0.15) is 0 Å². The Balaban J connectivity index is 1.62. The van der Waals surface area contributed by atoms with Crippen LogP contribution in [0.1, 0.15) is 51.4 Å². The molecule has 0 aliphatic carbocycles. The van der Waals surface area contributed by atoms with Gasteiger partial charge in [0.2, 0.25) is 11.8 Å². The van der Waals surface area contributed by atoms with Crippen LogP contribution in [0.5, 0.6) is 0 Å². The first-order valence-corrected chi connectivity index (χ1v) is 13.9. The van der Waals surface area contributed by atoms with Crippen molar-refractivity contribution in [2.75, 3.05) is 20.3 Å². The second-order valence-electron chi connectivity index (χ2n) is 11.0. The molecule has 4 atom stereocenters. The minimum Gasteiger partial charge on any atom is -0.468 e. The third-order valence-corrected chi connectivity index (χ3v) is 7.66. The molecule has 2 aliphatic rings. The number of amides is 2. The molecule has 0 radical (unpaired) electrons. The Morgan fingerprint density at radius 1 is 1.18 bits per heavy atom. The van der Waals surface area contributed by atoms with E-state index >= 15 is 0 Å². The molecule has 0 bridgehead atoms. The molecule has 2 aromatic rings. The fourth-order valence-electron chi connectivity index (χ4n) is 5.53. The zero-order chi connectivity index (χ0) is 28.7. The number of nitrogens with one attached hydrogen (secondary N) is 1. The average Bonchev–Trinajstić information content (AvgIpc) is 3.45. The van der Waals surface area contributed by atoms with Crippen LogP contribution in [0.3, 0.4) is 0 Å². The van der Waals surface area contributed by atoms with Crippen molar-refractivity contribution in [3.63, 3.8) is 0 Å². The normalized spacial score (nSPS) is 24.4. The van der Waals surface area contributed by atoms with E-state index in [-0.39, 0.29) is 37.8 Å². The molecule has 0 saturated carbocycles. The predicted octanol–water partition coefficient (Wildman–Crippen LogP) is 4.23. The van der Waals surface area contributed by atoms with Crippen LogP contribution in [-0.2, 0) is 41.7 Å². The van der Waals surface area contributed by atoms with E-state index in [1.165, 1.54) is 13.4 Å². The molecular weight excluding hydrogens is 512 g/mol. The summed E-state index contributed by atoms with van der Waals surface area (Å²) in [6.45, 7) is 7.28. The van der Waals surface area contributed by atoms with Gasteiger partial charge in [0.05, 0.1) is 39.2 Å². The number of hydrogen-bond donors (Lipinski definition) is 1. The van der Waals surface area contributed by atoms with Crippen LogP contribution in [0.15, 0.2) is 64.9 Å². The molecule has 1 aromatic carbocycles. The first-order valence-electron chi connectivity index (χ1n) is 13.9. The van der Waals surface area contributed by atoms with E-state index in [0.29, 0.717) is 30.5 Å². The maximum Gasteiger partial charge on any atom is 0.320 e. The first-order chi connectivity index (χ1) is 19.2. The highest BCUT2D eigenvalue weighted by Gasteiger charge is 2.59. The number of carbonyl (C=O) groups excluding carboxylic acids is 3. The molecule has 4 rings (SSSR count). The lowest BCUT2D eigenvalue weighted by Crippen LogP contribution is -2.60. The molecule has 9 heteroatoms. The van der Waals surface area contributed by atoms with Crippen molar-refractivity contribution < 1.29 is 33.0 Å². The lowest BCUT2D eigenvalue weighted by atomic mass is 9.66. The molecule has 1 aromatic heterocycles. The van der Waals surface area contributed by atoms with Gasteiger partial charge in [-0.1, -0.05) is 44.2 Å². The Hall–Kier alpha value is -3.43. The van der Waals surface area contributed by atoms with E-state index in [2.05, 4.69) is 19.2 Å². The number of hydrogen-bond acceptors (Lipinski definition) is 7. The van der Waals surface area contributed by atoms with Crippen LogP contribution in [0.25, 0.3) is 0 Å². The van der Waals surface area contributed by atoms with Gasteiger partial charge in [0, 0.05) is 24.6 Å². The molecular formula is C31H40N2O7. The number of ether oxygens (including phenoxy) is 3. The average molecular weight is 553 g/mol. The van der Waals surface area contributed by atoms with Gasteiger partial charge in [-0.15, -0.1) is 0 Å². The Bertz CT molecular complexity index is 1180.